The van der Waals surface area contributed by atoms with Crippen molar-refractivity contribution in [3.63, 3.8) is 0 Å². The lowest BCUT2D eigenvalue weighted by Gasteiger charge is -2.22. The number of nitrogens with two attached hydrogens (primary N) is 1. The van der Waals surface area contributed by atoms with Gasteiger partial charge in [0.25, 0.3) is 0 Å². The van der Waals surface area contributed by atoms with Crippen LogP contribution in [-0.2, 0) is 13.1 Å². The van der Waals surface area contributed by atoms with Gasteiger partial charge in [0, 0.05) is 31.1 Å². The summed E-state index contributed by atoms with van der Waals surface area (Å²) in [5.74, 6) is 1.12. The summed E-state index contributed by atoms with van der Waals surface area (Å²) in [5, 5.41) is 0.742. The molecule has 0 bridgehead atoms. The normalized spacial score (nSPS) is 11.0. The van der Waals surface area contributed by atoms with Gasteiger partial charge in [-0.1, -0.05) is 37.6 Å². The van der Waals surface area contributed by atoms with Crippen LogP contribution in [0.4, 0.5) is 5.69 Å². The number of hydrogen-bond donors (Lipinski definition) is 1. The second-order valence-electron chi connectivity index (χ2n) is 5.40. The van der Waals surface area contributed by atoms with Crippen molar-refractivity contribution in [1.29, 1.82) is 0 Å². The summed E-state index contributed by atoms with van der Waals surface area (Å²) in [7, 11) is 2.01. The molecule has 0 aliphatic carbocycles. The summed E-state index contributed by atoms with van der Waals surface area (Å²) in [5.41, 5.74) is 8.81. The molecule has 0 unspecified atom stereocenters. The van der Waals surface area contributed by atoms with Gasteiger partial charge in [-0.3, -0.25) is 0 Å². The molecule has 0 saturated heterocycles. The van der Waals surface area contributed by atoms with Crippen LogP contribution in [0.25, 0.3) is 0 Å². The van der Waals surface area contributed by atoms with Gasteiger partial charge in [-0.2, -0.15) is 0 Å². The lowest BCUT2D eigenvalue weighted by Crippen LogP contribution is -2.21. The largest absolute Gasteiger partial charge is 0.368 e. The Balaban J connectivity index is 2.24. The average molecular weight is 305 g/mol. The van der Waals surface area contributed by atoms with Gasteiger partial charge in [0.05, 0.1) is 17.6 Å². The Hall–Kier alpha value is -1.65. The summed E-state index contributed by atoms with van der Waals surface area (Å²) in [6.45, 7) is 5.28. The van der Waals surface area contributed by atoms with E-state index in [2.05, 4.69) is 28.7 Å². The van der Waals surface area contributed by atoms with E-state index in [1.54, 1.807) is 0 Å². The van der Waals surface area contributed by atoms with E-state index < -0.39 is 0 Å². The minimum Gasteiger partial charge on any atom is -0.368 e. The van der Waals surface area contributed by atoms with Crippen molar-refractivity contribution in [2.24, 2.45) is 5.73 Å². The summed E-state index contributed by atoms with van der Waals surface area (Å²) in [4.78, 5) is 11.1. The second-order valence-corrected chi connectivity index (χ2v) is 5.84. The third kappa shape index (κ3) is 3.93. The third-order valence-corrected chi connectivity index (χ3v) is 3.53. The Kier molecular flexibility index (Phi) is 5.15. The van der Waals surface area contributed by atoms with Crippen LogP contribution >= 0.6 is 11.6 Å². The van der Waals surface area contributed by atoms with Crippen LogP contribution in [0.2, 0.25) is 5.02 Å². The predicted molar refractivity (Wildman–Crippen MR) is 87.6 cm³/mol. The summed E-state index contributed by atoms with van der Waals surface area (Å²) >= 11 is 6.03. The van der Waals surface area contributed by atoms with Gasteiger partial charge in [0.1, 0.15) is 5.82 Å². The molecular formula is C16H21ClN4. The highest BCUT2D eigenvalue weighted by atomic mass is 35.5. The maximum atomic E-state index is 6.03. The van der Waals surface area contributed by atoms with Crippen molar-refractivity contribution in [2.75, 3.05) is 11.9 Å². The molecule has 0 aliphatic rings. The first kappa shape index (κ1) is 15.7. The minimum atomic E-state index is 0.294. The third-order valence-electron chi connectivity index (χ3n) is 3.29. The number of benzene rings is 1. The van der Waals surface area contributed by atoms with Crippen LogP contribution in [0.1, 0.15) is 36.8 Å². The number of nitrogens with zero attached hydrogens (tertiary/aromatic N) is 3. The molecule has 1 aromatic carbocycles. The summed E-state index contributed by atoms with van der Waals surface area (Å²) in [6.07, 6.45) is 1.86. The zero-order valence-electron chi connectivity index (χ0n) is 12.7. The van der Waals surface area contributed by atoms with Crippen molar-refractivity contribution in [3.05, 3.63) is 52.6 Å². The maximum absolute atomic E-state index is 6.03. The highest BCUT2D eigenvalue weighted by Crippen LogP contribution is 2.21. The quantitative estimate of drug-likeness (QED) is 0.920. The van der Waals surface area contributed by atoms with Crippen LogP contribution in [-0.4, -0.2) is 17.0 Å². The van der Waals surface area contributed by atoms with E-state index in [0.29, 0.717) is 12.5 Å². The van der Waals surface area contributed by atoms with Crippen LogP contribution in [0, 0.1) is 0 Å². The molecule has 0 atom stereocenters. The zero-order chi connectivity index (χ0) is 15.4. The number of hydrogen-bond acceptors (Lipinski definition) is 4. The van der Waals surface area contributed by atoms with E-state index in [9.17, 15) is 0 Å². The Morgan fingerprint density at radius 3 is 2.71 bits per heavy atom. The molecule has 5 heteroatoms. The van der Waals surface area contributed by atoms with E-state index in [1.807, 2.05) is 37.5 Å². The van der Waals surface area contributed by atoms with E-state index in [0.717, 1.165) is 34.3 Å². The van der Waals surface area contributed by atoms with E-state index in [4.69, 9.17) is 17.3 Å². The van der Waals surface area contributed by atoms with Crippen LogP contribution in [0.3, 0.4) is 0 Å². The minimum absolute atomic E-state index is 0.294. The molecule has 1 aromatic heterocycles. The fraction of sp³-hybridized carbons (Fsp3) is 0.375. The van der Waals surface area contributed by atoms with Gasteiger partial charge in [0.2, 0.25) is 0 Å². The van der Waals surface area contributed by atoms with Gasteiger partial charge < -0.3 is 10.6 Å². The highest BCUT2D eigenvalue weighted by Gasteiger charge is 2.12. The maximum Gasteiger partial charge on any atom is 0.131 e. The average Bonchev–Trinajstić information content (AvgIpc) is 2.46. The van der Waals surface area contributed by atoms with Gasteiger partial charge in [0.15, 0.2) is 0 Å². The SMILES string of the molecule is CC(C)c1ncc(N(C)Cc2cccc(Cl)c2)c(CN)n1. The van der Waals surface area contributed by atoms with Gasteiger partial charge in [-0.15, -0.1) is 0 Å². The van der Waals surface area contributed by atoms with Crippen molar-refractivity contribution < 1.29 is 0 Å². The Bertz CT molecular complexity index is 613. The number of halogens is 1. The molecule has 1 heterocycles. The van der Waals surface area contributed by atoms with Crippen LogP contribution < -0.4 is 10.6 Å². The summed E-state index contributed by atoms with van der Waals surface area (Å²) in [6, 6.07) is 7.84. The van der Waals surface area contributed by atoms with Crippen LogP contribution in [0.15, 0.2) is 30.5 Å². The Morgan fingerprint density at radius 2 is 2.10 bits per heavy atom. The molecule has 112 valence electrons. The number of rotatable bonds is 5. The van der Waals surface area contributed by atoms with Crippen molar-refractivity contribution in [2.45, 2.75) is 32.9 Å². The first-order valence-corrected chi connectivity index (χ1v) is 7.40. The topological polar surface area (TPSA) is 55.0 Å². The van der Waals surface area contributed by atoms with E-state index in [1.165, 1.54) is 0 Å². The molecule has 2 rings (SSSR count). The number of anilines is 1. The van der Waals surface area contributed by atoms with E-state index >= 15 is 0 Å². The predicted octanol–water partition coefficient (Wildman–Crippen LogP) is 3.35. The Labute approximate surface area is 131 Å². The lowest BCUT2D eigenvalue weighted by molar-refractivity contribution is 0.748. The zero-order valence-corrected chi connectivity index (χ0v) is 13.4. The van der Waals surface area contributed by atoms with Crippen molar-refractivity contribution in [1.82, 2.24) is 9.97 Å². The molecule has 0 fully saturated rings. The van der Waals surface area contributed by atoms with Gasteiger partial charge in [-0.25, -0.2) is 9.97 Å². The molecule has 21 heavy (non-hydrogen) atoms. The molecule has 0 aliphatic heterocycles. The first-order chi connectivity index (χ1) is 10.0. The van der Waals surface area contributed by atoms with Crippen LogP contribution in [0.5, 0.6) is 0 Å². The lowest BCUT2D eigenvalue weighted by atomic mass is 10.2. The molecule has 2 aromatic rings. The fourth-order valence-corrected chi connectivity index (χ4v) is 2.38. The monoisotopic (exact) mass is 304 g/mol. The molecule has 4 nitrogen and oxygen atoms in total. The summed E-state index contributed by atoms with van der Waals surface area (Å²) < 4.78 is 0. The molecule has 0 saturated carbocycles. The fourth-order valence-electron chi connectivity index (χ4n) is 2.17. The molecule has 0 radical (unpaired) electrons. The molecular weight excluding hydrogens is 284 g/mol. The molecule has 0 amide bonds. The first-order valence-electron chi connectivity index (χ1n) is 7.02. The van der Waals surface area contributed by atoms with Crippen molar-refractivity contribution in [3.8, 4) is 0 Å². The van der Waals surface area contributed by atoms with Crippen molar-refractivity contribution >= 4 is 17.3 Å². The van der Waals surface area contributed by atoms with E-state index in [-0.39, 0.29) is 0 Å². The second kappa shape index (κ2) is 6.87. The molecule has 0 spiro atoms. The molecule has 2 N–H and O–H groups in total. The number of aromatic nitrogens is 2. The standard InChI is InChI=1S/C16H21ClN4/c1-11(2)16-19-9-15(14(8-18)20-16)21(3)10-12-5-4-6-13(17)7-12/h4-7,9,11H,8,10,18H2,1-3H3. The highest BCUT2D eigenvalue weighted by molar-refractivity contribution is 6.30. The van der Waals surface area contributed by atoms with Gasteiger partial charge >= 0.3 is 0 Å². The van der Waals surface area contributed by atoms with Gasteiger partial charge in [-0.05, 0) is 17.7 Å². The smallest absolute Gasteiger partial charge is 0.131 e. The Morgan fingerprint density at radius 1 is 1.33 bits per heavy atom.